The minimum Gasteiger partial charge on any atom is -0.465 e. The van der Waals surface area contributed by atoms with E-state index in [4.69, 9.17) is 0 Å². The first-order valence-electron chi connectivity index (χ1n) is 6.17. The van der Waals surface area contributed by atoms with Crippen LogP contribution in [0.25, 0.3) is 0 Å². The van der Waals surface area contributed by atoms with Crippen LogP contribution in [0.2, 0.25) is 0 Å². The van der Waals surface area contributed by atoms with Crippen molar-refractivity contribution in [1.82, 2.24) is 4.31 Å². The number of carbonyl (C=O) groups is 1. The van der Waals surface area contributed by atoms with E-state index in [9.17, 15) is 13.2 Å². The lowest BCUT2D eigenvalue weighted by Crippen LogP contribution is -2.43. The summed E-state index contributed by atoms with van der Waals surface area (Å²) in [7, 11) is -0.953. The van der Waals surface area contributed by atoms with Gasteiger partial charge in [-0.1, -0.05) is 20.8 Å². The summed E-state index contributed by atoms with van der Waals surface area (Å²) in [6, 6.07) is 1.23. The number of thiophene rings is 1. The third-order valence-corrected chi connectivity index (χ3v) is 6.45. The molecule has 5 nitrogen and oxygen atoms in total. The van der Waals surface area contributed by atoms with Gasteiger partial charge in [-0.25, -0.2) is 13.2 Å². The zero-order chi connectivity index (χ0) is 15.7. The van der Waals surface area contributed by atoms with Crippen molar-refractivity contribution >= 4 is 27.3 Å². The Morgan fingerprint density at radius 1 is 1.40 bits per heavy atom. The van der Waals surface area contributed by atoms with Crippen LogP contribution in [0.5, 0.6) is 0 Å². The number of hydrogen-bond donors (Lipinski definition) is 0. The average Bonchev–Trinajstić information content (AvgIpc) is 2.84. The Morgan fingerprint density at radius 3 is 2.40 bits per heavy atom. The fourth-order valence-corrected chi connectivity index (χ4v) is 4.50. The molecule has 20 heavy (non-hydrogen) atoms. The molecule has 0 aliphatic rings. The fraction of sp³-hybridized carbons (Fsp3) is 0.615. The van der Waals surface area contributed by atoms with Crippen LogP contribution in [0.15, 0.2) is 16.3 Å². The molecular weight excluding hydrogens is 298 g/mol. The van der Waals surface area contributed by atoms with E-state index in [1.54, 1.807) is 5.38 Å². The molecule has 0 aliphatic heterocycles. The molecule has 1 atom stereocenters. The Kier molecular flexibility index (Phi) is 4.99. The average molecular weight is 319 g/mol. The van der Waals surface area contributed by atoms with Crippen molar-refractivity contribution in [3.05, 3.63) is 16.3 Å². The Hall–Kier alpha value is -0.920. The SMILES string of the molecule is COC(=O)c1sccc1S(=O)(=O)N(C)[C@@H](C)C(C)(C)C. The van der Waals surface area contributed by atoms with Gasteiger partial charge in [0.15, 0.2) is 0 Å². The summed E-state index contributed by atoms with van der Waals surface area (Å²) in [6.07, 6.45) is 0. The van der Waals surface area contributed by atoms with Crippen LogP contribution in [0.3, 0.4) is 0 Å². The second-order valence-electron chi connectivity index (χ2n) is 5.67. The second kappa shape index (κ2) is 5.83. The molecular formula is C13H21NO4S2. The molecule has 0 unspecified atom stereocenters. The fourth-order valence-electron chi connectivity index (χ4n) is 1.65. The quantitative estimate of drug-likeness (QED) is 0.800. The van der Waals surface area contributed by atoms with Crippen molar-refractivity contribution in [2.45, 2.75) is 38.6 Å². The van der Waals surface area contributed by atoms with Gasteiger partial charge in [-0.2, -0.15) is 4.31 Å². The standard InChI is InChI=1S/C13H21NO4S2/c1-9(13(2,3)4)14(5)20(16,17)10-7-8-19-11(10)12(15)18-6/h7-9H,1-6H3/t9-/m0/s1. The van der Waals surface area contributed by atoms with E-state index in [1.807, 2.05) is 27.7 Å². The molecule has 0 saturated carbocycles. The summed E-state index contributed by atoms with van der Waals surface area (Å²) >= 11 is 1.07. The summed E-state index contributed by atoms with van der Waals surface area (Å²) < 4.78 is 31.2. The van der Waals surface area contributed by atoms with Gasteiger partial charge in [0.1, 0.15) is 9.77 Å². The van der Waals surface area contributed by atoms with Crippen LogP contribution in [-0.4, -0.2) is 38.9 Å². The number of rotatable bonds is 4. The van der Waals surface area contributed by atoms with Crippen LogP contribution in [0, 0.1) is 5.41 Å². The molecule has 0 saturated heterocycles. The van der Waals surface area contributed by atoms with E-state index < -0.39 is 16.0 Å². The zero-order valence-electron chi connectivity index (χ0n) is 12.6. The van der Waals surface area contributed by atoms with E-state index in [-0.39, 0.29) is 21.2 Å². The van der Waals surface area contributed by atoms with E-state index in [0.29, 0.717) is 0 Å². The Bertz CT molecular complexity index is 584. The van der Waals surface area contributed by atoms with E-state index in [2.05, 4.69) is 4.74 Å². The van der Waals surface area contributed by atoms with Crippen LogP contribution < -0.4 is 0 Å². The summed E-state index contributed by atoms with van der Waals surface area (Å²) in [5.41, 5.74) is -0.205. The van der Waals surface area contributed by atoms with Crippen molar-refractivity contribution in [2.24, 2.45) is 5.41 Å². The lowest BCUT2D eigenvalue weighted by molar-refractivity contribution is 0.0602. The highest BCUT2D eigenvalue weighted by Crippen LogP contribution is 2.30. The molecule has 1 aromatic rings. The number of nitrogens with zero attached hydrogens (tertiary/aromatic N) is 1. The third-order valence-electron chi connectivity index (χ3n) is 3.46. The molecule has 0 amide bonds. The molecule has 1 heterocycles. The van der Waals surface area contributed by atoms with Crippen LogP contribution in [0.1, 0.15) is 37.4 Å². The van der Waals surface area contributed by atoms with Gasteiger partial charge in [0.25, 0.3) is 0 Å². The first-order chi connectivity index (χ1) is 9.03. The van der Waals surface area contributed by atoms with Crippen molar-refractivity contribution in [3.63, 3.8) is 0 Å². The third kappa shape index (κ3) is 3.21. The topological polar surface area (TPSA) is 63.7 Å². The van der Waals surface area contributed by atoms with Crippen molar-refractivity contribution in [3.8, 4) is 0 Å². The molecule has 0 radical (unpaired) electrons. The maximum atomic E-state index is 12.6. The lowest BCUT2D eigenvalue weighted by atomic mass is 9.88. The Morgan fingerprint density at radius 2 is 1.95 bits per heavy atom. The van der Waals surface area contributed by atoms with Gasteiger partial charge in [0, 0.05) is 13.1 Å². The molecule has 0 bridgehead atoms. The van der Waals surface area contributed by atoms with Crippen LogP contribution in [-0.2, 0) is 14.8 Å². The molecule has 0 N–H and O–H groups in total. The number of sulfonamides is 1. The molecule has 0 fully saturated rings. The van der Waals surface area contributed by atoms with Gasteiger partial charge in [-0.15, -0.1) is 11.3 Å². The summed E-state index contributed by atoms with van der Waals surface area (Å²) in [4.78, 5) is 11.8. The second-order valence-corrected chi connectivity index (χ2v) is 8.55. The molecule has 0 aromatic carbocycles. The van der Waals surface area contributed by atoms with Gasteiger partial charge in [-0.05, 0) is 23.8 Å². The minimum atomic E-state index is -3.72. The van der Waals surface area contributed by atoms with Gasteiger partial charge in [0.2, 0.25) is 10.0 Å². The van der Waals surface area contributed by atoms with Gasteiger partial charge < -0.3 is 4.74 Å². The van der Waals surface area contributed by atoms with E-state index >= 15 is 0 Å². The molecule has 0 aliphatic carbocycles. The molecule has 1 aromatic heterocycles. The molecule has 1 rings (SSSR count). The first-order valence-corrected chi connectivity index (χ1v) is 8.49. The predicted molar refractivity (Wildman–Crippen MR) is 79.5 cm³/mol. The number of methoxy groups -OCH3 is 1. The van der Waals surface area contributed by atoms with Crippen molar-refractivity contribution < 1.29 is 17.9 Å². The van der Waals surface area contributed by atoms with Crippen molar-refractivity contribution in [2.75, 3.05) is 14.2 Å². The van der Waals surface area contributed by atoms with Crippen LogP contribution in [0.4, 0.5) is 0 Å². The van der Waals surface area contributed by atoms with E-state index in [1.165, 1.54) is 24.5 Å². The Balaban J connectivity index is 3.25. The molecule has 7 heteroatoms. The zero-order valence-corrected chi connectivity index (χ0v) is 14.3. The highest BCUT2D eigenvalue weighted by molar-refractivity contribution is 7.89. The smallest absolute Gasteiger partial charge is 0.349 e. The summed E-state index contributed by atoms with van der Waals surface area (Å²) in [6.45, 7) is 7.76. The van der Waals surface area contributed by atoms with Crippen molar-refractivity contribution in [1.29, 1.82) is 0 Å². The highest BCUT2D eigenvalue weighted by atomic mass is 32.2. The number of ether oxygens (including phenoxy) is 1. The largest absolute Gasteiger partial charge is 0.465 e. The van der Waals surface area contributed by atoms with E-state index in [0.717, 1.165) is 11.3 Å². The maximum Gasteiger partial charge on any atom is 0.349 e. The van der Waals surface area contributed by atoms with Crippen LogP contribution >= 0.6 is 11.3 Å². The number of hydrogen-bond acceptors (Lipinski definition) is 5. The van der Waals surface area contributed by atoms with Gasteiger partial charge in [0.05, 0.1) is 7.11 Å². The predicted octanol–water partition coefficient (Wildman–Crippen LogP) is 2.59. The highest BCUT2D eigenvalue weighted by Gasteiger charge is 2.35. The first kappa shape index (κ1) is 17.1. The maximum absolute atomic E-state index is 12.6. The monoisotopic (exact) mass is 319 g/mol. The van der Waals surface area contributed by atoms with Gasteiger partial charge in [-0.3, -0.25) is 0 Å². The number of esters is 1. The number of carbonyl (C=O) groups excluding carboxylic acids is 1. The van der Waals surface area contributed by atoms with Gasteiger partial charge >= 0.3 is 5.97 Å². The normalized spacial score (nSPS) is 14.3. The Labute approximate surface area is 124 Å². The minimum absolute atomic E-state index is 0.00736. The summed E-state index contributed by atoms with van der Waals surface area (Å²) in [5, 5.41) is 1.58. The summed E-state index contributed by atoms with van der Waals surface area (Å²) in [5.74, 6) is -0.629. The molecule has 0 spiro atoms. The lowest BCUT2D eigenvalue weighted by Gasteiger charge is -2.34. The molecule has 114 valence electrons.